The van der Waals surface area contributed by atoms with E-state index in [0.717, 1.165) is 36.8 Å². The Morgan fingerprint density at radius 1 is 1.26 bits per heavy atom. The van der Waals surface area contributed by atoms with Gasteiger partial charge in [-0.2, -0.15) is 4.52 Å². The van der Waals surface area contributed by atoms with Gasteiger partial charge in [-0.15, -0.1) is 5.10 Å². The van der Waals surface area contributed by atoms with Crippen LogP contribution >= 0.6 is 11.3 Å². The molecule has 0 unspecified atom stereocenters. The molecule has 27 heavy (non-hydrogen) atoms. The molecule has 9 heteroatoms. The molecule has 1 N–H and O–H groups in total. The minimum atomic E-state index is -0.486. The summed E-state index contributed by atoms with van der Waals surface area (Å²) in [6, 6.07) is 3.61. The average molecular weight is 387 g/mol. The van der Waals surface area contributed by atoms with Crippen LogP contribution in [0.1, 0.15) is 47.6 Å². The van der Waals surface area contributed by atoms with E-state index in [1.807, 2.05) is 13.0 Å². The van der Waals surface area contributed by atoms with E-state index in [1.165, 1.54) is 34.9 Å². The summed E-state index contributed by atoms with van der Waals surface area (Å²) in [5.41, 5.74) is -0.478. The lowest BCUT2D eigenvalue weighted by Crippen LogP contribution is -2.31. The Bertz CT molecular complexity index is 1010. The highest BCUT2D eigenvalue weighted by atomic mass is 32.1. The van der Waals surface area contributed by atoms with E-state index in [9.17, 15) is 9.59 Å². The highest BCUT2D eigenvalue weighted by molar-refractivity contribution is 7.20. The van der Waals surface area contributed by atoms with Crippen molar-refractivity contribution in [3.8, 4) is 0 Å². The Hall–Kier alpha value is -2.68. The van der Waals surface area contributed by atoms with Crippen molar-refractivity contribution < 1.29 is 9.21 Å². The number of carbonyl (C=O) groups excluding carboxylic acids is 1. The highest BCUT2D eigenvalue weighted by Gasteiger charge is 2.19. The Morgan fingerprint density at radius 2 is 2.04 bits per heavy atom. The number of aromatic nitrogens is 3. The number of anilines is 1. The molecule has 0 aromatic carbocycles. The van der Waals surface area contributed by atoms with E-state index >= 15 is 0 Å². The zero-order valence-electron chi connectivity index (χ0n) is 15.1. The number of furan rings is 1. The maximum Gasteiger partial charge on any atom is 0.288 e. The maximum absolute atomic E-state index is 12.7. The number of nitrogens with one attached hydrogen (secondary N) is 1. The highest BCUT2D eigenvalue weighted by Crippen LogP contribution is 2.24. The molecule has 0 aliphatic carbocycles. The topological polar surface area (TPSA) is 92.7 Å². The summed E-state index contributed by atoms with van der Waals surface area (Å²) >= 11 is 1.38. The first-order valence-electron chi connectivity index (χ1n) is 9.09. The quantitative estimate of drug-likeness (QED) is 0.739. The number of fused-ring (bicyclic) bond motifs is 1. The molecule has 1 saturated heterocycles. The van der Waals surface area contributed by atoms with Crippen molar-refractivity contribution in [1.82, 2.24) is 19.9 Å². The third-order valence-electron chi connectivity index (χ3n) is 4.62. The van der Waals surface area contributed by atoms with Crippen molar-refractivity contribution in [2.45, 2.75) is 39.2 Å². The number of nitrogens with zero attached hydrogens (tertiary/aromatic N) is 4. The van der Waals surface area contributed by atoms with Crippen LogP contribution in [0.15, 0.2) is 27.5 Å². The Kier molecular flexibility index (Phi) is 4.93. The third-order valence-corrected chi connectivity index (χ3v) is 5.60. The minimum Gasteiger partial charge on any atom is -0.465 e. The van der Waals surface area contributed by atoms with Gasteiger partial charge < -0.3 is 14.6 Å². The van der Waals surface area contributed by atoms with Crippen LogP contribution in [0.3, 0.4) is 0 Å². The number of hydrogen-bond acceptors (Lipinski definition) is 7. The lowest BCUT2D eigenvalue weighted by atomic mass is 10.2. The van der Waals surface area contributed by atoms with Crippen molar-refractivity contribution in [1.29, 1.82) is 0 Å². The molecule has 0 radical (unpaired) electrons. The zero-order chi connectivity index (χ0) is 18.8. The van der Waals surface area contributed by atoms with Gasteiger partial charge in [0.2, 0.25) is 10.1 Å². The molecule has 1 aliphatic rings. The number of hydrogen-bond donors (Lipinski definition) is 1. The van der Waals surface area contributed by atoms with Gasteiger partial charge in [0, 0.05) is 19.3 Å². The summed E-state index contributed by atoms with van der Waals surface area (Å²) < 4.78 is 6.65. The number of carbonyl (C=O) groups is 1. The molecule has 1 amide bonds. The van der Waals surface area contributed by atoms with Crippen LogP contribution in [-0.4, -0.2) is 33.6 Å². The minimum absolute atomic E-state index is 0.0245. The van der Waals surface area contributed by atoms with Gasteiger partial charge in [-0.05, 0) is 31.9 Å². The number of aryl methyl sites for hydroxylation is 1. The predicted molar refractivity (Wildman–Crippen MR) is 102 cm³/mol. The number of amides is 1. The predicted octanol–water partition coefficient (Wildman–Crippen LogP) is 2.36. The Labute approximate surface area is 159 Å². The largest absolute Gasteiger partial charge is 0.465 e. The van der Waals surface area contributed by atoms with Crippen LogP contribution in [0.2, 0.25) is 0 Å². The van der Waals surface area contributed by atoms with Crippen LogP contribution < -0.4 is 15.8 Å². The molecular weight excluding hydrogens is 366 g/mol. The fourth-order valence-corrected chi connectivity index (χ4v) is 4.08. The molecule has 0 bridgehead atoms. The monoisotopic (exact) mass is 387 g/mol. The van der Waals surface area contributed by atoms with Crippen molar-refractivity contribution >= 4 is 27.3 Å². The van der Waals surface area contributed by atoms with Gasteiger partial charge in [-0.3, -0.25) is 9.59 Å². The molecule has 3 aromatic rings. The number of rotatable bonds is 4. The van der Waals surface area contributed by atoms with Gasteiger partial charge in [0.1, 0.15) is 17.1 Å². The van der Waals surface area contributed by atoms with E-state index in [0.29, 0.717) is 10.7 Å². The lowest BCUT2D eigenvalue weighted by Gasteiger charge is -2.17. The second-order valence-corrected chi connectivity index (χ2v) is 7.59. The Morgan fingerprint density at radius 3 is 2.74 bits per heavy atom. The molecule has 1 aliphatic heterocycles. The van der Waals surface area contributed by atoms with Gasteiger partial charge in [0.25, 0.3) is 11.5 Å². The van der Waals surface area contributed by atoms with Gasteiger partial charge >= 0.3 is 0 Å². The van der Waals surface area contributed by atoms with Gasteiger partial charge in [-0.1, -0.05) is 24.2 Å². The van der Waals surface area contributed by atoms with Gasteiger partial charge in [0.05, 0.1) is 6.54 Å². The molecular formula is C18H21N5O3S. The van der Waals surface area contributed by atoms with Crippen LogP contribution in [0.5, 0.6) is 0 Å². The zero-order valence-corrected chi connectivity index (χ0v) is 15.9. The lowest BCUT2D eigenvalue weighted by molar-refractivity contribution is 0.0945. The fraction of sp³-hybridized carbons (Fsp3) is 0.444. The van der Waals surface area contributed by atoms with Crippen molar-refractivity contribution in [3.63, 3.8) is 0 Å². The van der Waals surface area contributed by atoms with E-state index < -0.39 is 11.5 Å². The summed E-state index contributed by atoms with van der Waals surface area (Å²) in [5, 5.41) is 7.90. The maximum atomic E-state index is 12.7. The molecule has 0 saturated carbocycles. The van der Waals surface area contributed by atoms with E-state index in [-0.39, 0.29) is 12.1 Å². The van der Waals surface area contributed by atoms with E-state index in [2.05, 4.69) is 20.3 Å². The molecule has 0 atom stereocenters. The molecule has 3 aromatic heterocycles. The summed E-state index contributed by atoms with van der Waals surface area (Å²) in [6.07, 6.45) is 6.01. The third kappa shape index (κ3) is 3.73. The molecule has 1 fully saturated rings. The fourth-order valence-electron chi connectivity index (χ4n) is 3.16. The summed E-state index contributed by atoms with van der Waals surface area (Å²) in [6.45, 7) is 3.92. The van der Waals surface area contributed by atoms with E-state index in [4.69, 9.17) is 4.42 Å². The van der Waals surface area contributed by atoms with Crippen LogP contribution in [-0.2, 0) is 6.54 Å². The second kappa shape index (κ2) is 7.51. The van der Waals surface area contributed by atoms with Gasteiger partial charge in [-0.25, -0.2) is 4.98 Å². The normalized spacial score (nSPS) is 15.1. The summed E-state index contributed by atoms with van der Waals surface area (Å²) in [7, 11) is 0. The van der Waals surface area contributed by atoms with Crippen molar-refractivity contribution in [2.24, 2.45) is 0 Å². The van der Waals surface area contributed by atoms with E-state index in [1.54, 1.807) is 6.07 Å². The van der Waals surface area contributed by atoms with Gasteiger partial charge in [0.15, 0.2) is 0 Å². The van der Waals surface area contributed by atoms with Crippen LogP contribution in [0, 0.1) is 6.92 Å². The summed E-state index contributed by atoms with van der Waals surface area (Å²) in [5.74, 6) is 0.915. The van der Waals surface area contributed by atoms with Crippen LogP contribution in [0.4, 0.5) is 5.13 Å². The molecule has 4 rings (SSSR count). The second-order valence-electron chi connectivity index (χ2n) is 6.65. The first kappa shape index (κ1) is 17.7. The SMILES string of the molecule is Cc1ccc(CNC(=O)c2cnc3sc(N4CCCCCC4)nn3c2=O)o1. The molecule has 142 valence electrons. The molecule has 0 spiro atoms. The Balaban J connectivity index is 1.55. The average Bonchev–Trinajstić information content (AvgIpc) is 3.18. The standard InChI is InChI=1S/C18H21N5O3S/c1-12-6-7-13(26-12)10-19-15(24)14-11-20-17-23(16(14)25)21-18(27-17)22-8-4-2-3-5-9-22/h6-7,11H,2-5,8-10H2,1H3,(H,19,24). The van der Waals surface area contributed by atoms with Crippen molar-refractivity contribution in [3.05, 3.63) is 45.8 Å². The van der Waals surface area contributed by atoms with Crippen molar-refractivity contribution in [2.75, 3.05) is 18.0 Å². The first-order chi connectivity index (χ1) is 13.1. The van der Waals surface area contributed by atoms with Crippen LogP contribution in [0.25, 0.3) is 4.96 Å². The summed E-state index contributed by atoms with van der Waals surface area (Å²) in [4.78, 5) is 32.1. The molecule has 8 nitrogen and oxygen atoms in total. The first-order valence-corrected chi connectivity index (χ1v) is 9.91. The molecule has 4 heterocycles. The smallest absolute Gasteiger partial charge is 0.288 e.